The highest BCUT2D eigenvalue weighted by Gasteiger charge is 2.14. The lowest BCUT2D eigenvalue weighted by Gasteiger charge is -2.03. The molecule has 4 aromatic rings. The van der Waals surface area contributed by atoms with Crippen molar-refractivity contribution < 1.29 is 14.4 Å². The second kappa shape index (κ2) is 6.37. The summed E-state index contributed by atoms with van der Waals surface area (Å²) in [5.41, 5.74) is 2.57. The fourth-order valence-corrected chi connectivity index (χ4v) is 2.73. The highest BCUT2D eigenvalue weighted by molar-refractivity contribution is 5.76. The number of hydrogen-bond acceptors (Lipinski definition) is 6. The maximum atomic E-state index is 9.57. The standard InChI is InChI=1S/C18H16N4O3/c1-24-13-8-6-12(7-9-13)18-20-17(25-21-18)10-22-15-5-3-2-4-14(15)19-16(22)11-23/h2-9,23H,10-11H2,1H3. The van der Waals surface area contributed by atoms with Crippen LogP contribution in [0.2, 0.25) is 0 Å². The Bertz CT molecular complexity index is 1000. The van der Waals surface area contributed by atoms with Gasteiger partial charge in [-0.15, -0.1) is 0 Å². The Morgan fingerprint density at radius 2 is 1.88 bits per heavy atom. The van der Waals surface area contributed by atoms with Crippen molar-refractivity contribution in [1.82, 2.24) is 19.7 Å². The van der Waals surface area contributed by atoms with Crippen LogP contribution >= 0.6 is 0 Å². The molecule has 0 unspecified atom stereocenters. The van der Waals surface area contributed by atoms with Crippen molar-refractivity contribution in [3.63, 3.8) is 0 Å². The molecule has 0 aliphatic rings. The molecule has 7 heteroatoms. The Labute approximate surface area is 143 Å². The molecular weight excluding hydrogens is 320 g/mol. The Kier molecular flexibility index (Phi) is 3.91. The van der Waals surface area contributed by atoms with Gasteiger partial charge in [-0.3, -0.25) is 0 Å². The van der Waals surface area contributed by atoms with E-state index in [1.807, 2.05) is 53.1 Å². The first kappa shape index (κ1) is 15.3. The zero-order chi connectivity index (χ0) is 17.2. The van der Waals surface area contributed by atoms with E-state index in [2.05, 4.69) is 15.1 Å². The first-order chi connectivity index (χ1) is 12.3. The molecule has 0 radical (unpaired) electrons. The van der Waals surface area contributed by atoms with Gasteiger partial charge in [-0.2, -0.15) is 4.98 Å². The fourth-order valence-electron chi connectivity index (χ4n) is 2.73. The van der Waals surface area contributed by atoms with Gasteiger partial charge in [0.2, 0.25) is 11.7 Å². The van der Waals surface area contributed by atoms with Gasteiger partial charge in [-0.1, -0.05) is 17.3 Å². The summed E-state index contributed by atoms with van der Waals surface area (Å²) in [4.78, 5) is 8.86. The largest absolute Gasteiger partial charge is 0.497 e. The lowest BCUT2D eigenvalue weighted by molar-refractivity contribution is 0.265. The number of fused-ring (bicyclic) bond motifs is 1. The van der Waals surface area contributed by atoms with Crippen molar-refractivity contribution >= 4 is 11.0 Å². The Hall–Kier alpha value is -3.19. The molecule has 0 spiro atoms. The average Bonchev–Trinajstić information content (AvgIpc) is 3.27. The van der Waals surface area contributed by atoms with Gasteiger partial charge in [0.05, 0.1) is 18.1 Å². The topological polar surface area (TPSA) is 86.2 Å². The smallest absolute Gasteiger partial charge is 0.246 e. The van der Waals surface area contributed by atoms with Gasteiger partial charge in [-0.05, 0) is 36.4 Å². The van der Waals surface area contributed by atoms with Crippen LogP contribution in [-0.4, -0.2) is 31.9 Å². The summed E-state index contributed by atoms with van der Waals surface area (Å²) in [5, 5.41) is 13.6. The number of rotatable bonds is 5. The predicted molar refractivity (Wildman–Crippen MR) is 91.0 cm³/mol. The number of benzene rings is 2. The van der Waals surface area contributed by atoms with Crippen LogP contribution in [-0.2, 0) is 13.2 Å². The number of ether oxygens (including phenoxy) is 1. The SMILES string of the molecule is COc1ccc(-c2noc(Cn3c(CO)nc4ccccc43)n2)cc1. The summed E-state index contributed by atoms with van der Waals surface area (Å²) in [5.74, 6) is 2.28. The molecule has 0 bridgehead atoms. The number of para-hydroxylation sites is 2. The fraction of sp³-hybridized carbons (Fsp3) is 0.167. The molecule has 0 aliphatic heterocycles. The number of imidazole rings is 1. The Balaban J connectivity index is 1.65. The molecule has 0 amide bonds. The minimum absolute atomic E-state index is 0.159. The van der Waals surface area contributed by atoms with E-state index < -0.39 is 0 Å². The van der Waals surface area contributed by atoms with E-state index in [9.17, 15) is 5.11 Å². The molecule has 2 heterocycles. The third-order valence-electron chi connectivity index (χ3n) is 3.98. The van der Waals surface area contributed by atoms with E-state index in [4.69, 9.17) is 9.26 Å². The lowest BCUT2D eigenvalue weighted by atomic mass is 10.2. The maximum absolute atomic E-state index is 9.57. The number of aliphatic hydroxyl groups excluding tert-OH is 1. The van der Waals surface area contributed by atoms with E-state index >= 15 is 0 Å². The van der Waals surface area contributed by atoms with Crippen molar-refractivity contribution in [2.24, 2.45) is 0 Å². The summed E-state index contributed by atoms with van der Waals surface area (Å²) in [6.45, 7) is 0.188. The summed E-state index contributed by atoms with van der Waals surface area (Å²) in [7, 11) is 1.62. The van der Waals surface area contributed by atoms with E-state index in [0.29, 0.717) is 24.1 Å². The second-order valence-electron chi connectivity index (χ2n) is 5.50. The average molecular weight is 336 g/mol. The third kappa shape index (κ3) is 2.85. The number of methoxy groups -OCH3 is 1. The summed E-state index contributed by atoms with van der Waals surface area (Å²) in [6.07, 6.45) is 0. The molecule has 0 aliphatic carbocycles. The van der Waals surface area contributed by atoms with Crippen molar-refractivity contribution in [2.75, 3.05) is 7.11 Å². The molecule has 0 fully saturated rings. The van der Waals surface area contributed by atoms with Crippen LogP contribution in [0.15, 0.2) is 53.1 Å². The van der Waals surface area contributed by atoms with Crippen LogP contribution in [0.25, 0.3) is 22.4 Å². The van der Waals surface area contributed by atoms with E-state index in [1.165, 1.54) is 0 Å². The monoisotopic (exact) mass is 336 g/mol. The molecule has 1 N–H and O–H groups in total. The second-order valence-corrected chi connectivity index (χ2v) is 5.50. The van der Waals surface area contributed by atoms with Crippen LogP contribution in [0.1, 0.15) is 11.7 Å². The first-order valence-electron chi connectivity index (χ1n) is 7.80. The highest BCUT2D eigenvalue weighted by Crippen LogP contribution is 2.21. The van der Waals surface area contributed by atoms with Crippen molar-refractivity contribution in [2.45, 2.75) is 13.2 Å². The molecule has 126 valence electrons. The molecule has 0 saturated heterocycles. The molecule has 2 aromatic heterocycles. The molecule has 2 aromatic carbocycles. The lowest BCUT2D eigenvalue weighted by Crippen LogP contribution is -2.05. The molecule has 0 atom stereocenters. The number of hydrogen-bond donors (Lipinski definition) is 1. The minimum Gasteiger partial charge on any atom is -0.497 e. The zero-order valence-electron chi connectivity index (χ0n) is 13.6. The van der Waals surface area contributed by atoms with Crippen LogP contribution in [0, 0.1) is 0 Å². The highest BCUT2D eigenvalue weighted by atomic mass is 16.5. The molecule has 25 heavy (non-hydrogen) atoms. The summed E-state index contributed by atoms with van der Waals surface area (Å²) in [6, 6.07) is 15.1. The third-order valence-corrected chi connectivity index (χ3v) is 3.98. The van der Waals surface area contributed by atoms with Gasteiger partial charge < -0.3 is 18.9 Å². The Morgan fingerprint density at radius 1 is 1.08 bits per heavy atom. The number of aromatic nitrogens is 4. The maximum Gasteiger partial charge on any atom is 0.246 e. The molecule has 7 nitrogen and oxygen atoms in total. The molecule has 4 rings (SSSR count). The van der Waals surface area contributed by atoms with Crippen molar-refractivity contribution in [3.8, 4) is 17.1 Å². The quantitative estimate of drug-likeness (QED) is 0.603. The van der Waals surface area contributed by atoms with Crippen LogP contribution < -0.4 is 4.74 Å². The van der Waals surface area contributed by atoms with E-state index in [0.717, 1.165) is 22.3 Å². The van der Waals surface area contributed by atoms with Crippen LogP contribution in [0.3, 0.4) is 0 Å². The van der Waals surface area contributed by atoms with Gasteiger partial charge >= 0.3 is 0 Å². The Morgan fingerprint density at radius 3 is 2.64 bits per heavy atom. The molecular formula is C18H16N4O3. The molecule has 0 saturated carbocycles. The predicted octanol–water partition coefficient (Wildman–Crippen LogP) is 2.64. The summed E-state index contributed by atoms with van der Waals surface area (Å²) < 4.78 is 12.4. The first-order valence-corrected chi connectivity index (χ1v) is 7.80. The normalized spacial score (nSPS) is 11.1. The van der Waals surface area contributed by atoms with Gasteiger partial charge in [-0.25, -0.2) is 4.98 Å². The van der Waals surface area contributed by atoms with E-state index in [1.54, 1.807) is 7.11 Å². The van der Waals surface area contributed by atoms with Gasteiger partial charge in [0, 0.05) is 5.56 Å². The van der Waals surface area contributed by atoms with Crippen LogP contribution in [0.4, 0.5) is 0 Å². The van der Waals surface area contributed by atoms with E-state index in [-0.39, 0.29) is 6.61 Å². The number of nitrogens with zero attached hydrogens (tertiary/aromatic N) is 4. The van der Waals surface area contributed by atoms with Gasteiger partial charge in [0.25, 0.3) is 0 Å². The van der Waals surface area contributed by atoms with Crippen LogP contribution in [0.5, 0.6) is 5.75 Å². The number of aliphatic hydroxyl groups is 1. The van der Waals surface area contributed by atoms with Gasteiger partial charge in [0.1, 0.15) is 24.7 Å². The van der Waals surface area contributed by atoms with Gasteiger partial charge in [0.15, 0.2) is 0 Å². The van der Waals surface area contributed by atoms with Crippen molar-refractivity contribution in [1.29, 1.82) is 0 Å². The minimum atomic E-state index is -0.159. The zero-order valence-corrected chi connectivity index (χ0v) is 13.6. The summed E-state index contributed by atoms with van der Waals surface area (Å²) >= 11 is 0. The van der Waals surface area contributed by atoms with Crippen molar-refractivity contribution in [3.05, 3.63) is 60.2 Å².